The Kier molecular flexibility index (Phi) is 6.90. The van der Waals surface area contributed by atoms with E-state index >= 15 is 0 Å². The minimum absolute atomic E-state index is 0.0645. The van der Waals surface area contributed by atoms with E-state index in [1.807, 2.05) is 27.7 Å². The third-order valence-electron chi connectivity index (χ3n) is 4.79. The van der Waals surface area contributed by atoms with Crippen molar-refractivity contribution in [1.29, 1.82) is 5.26 Å². The number of carbonyl (C=O) groups excluding carboxylic acids is 1. The Bertz CT molecular complexity index is 1050. The largest absolute Gasteiger partial charge is 0.436 e. The standard InChI is InChI=1S/C22H28N2O5S/c1-13(2)17-7-15(10-23)8-18(14(3)4)19(17)9-16(25)12-30(27,28)21-24-20(11-29-21)22(5,6)26/h7-8,11,13-14,26H,9,12H2,1-6H3. The van der Waals surface area contributed by atoms with E-state index in [1.54, 1.807) is 12.1 Å². The zero-order chi connectivity index (χ0) is 22.9. The third kappa shape index (κ3) is 5.35. The molecule has 0 fully saturated rings. The Balaban J connectivity index is 2.36. The highest BCUT2D eigenvalue weighted by atomic mass is 32.2. The lowest BCUT2D eigenvalue weighted by Crippen LogP contribution is -2.21. The molecule has 0 aliphatic carbocycles. The lowest BCUT2D eigenvalue weighted by Gasteiger charge is -2.20. The Morgan fingerprint density at radius 3 is 2.13 bits per heavy atom. The molecule has 0 bridgehead atoms. The number of benzene rings is 1. The van der Waals surface area contributed by atoms with Crippen LogP contribution >= 0.6 is 0 Å². The molecule has 2 rings (SSSR count). The number of aromatic nitrogens is 1. The van der Waals surface area contributed by atoms with Gasteiger partial charge >= 0.3 is 5.22 Å². The van der Waals surface area contributed by atoms with Crippen molar-refractivity contribution in [3.05, 3.63) is 46.3 Å². The van der Waals surface area contributed by atoms with E-state index in [2.05, 4.69) is 11.1 Å². The molecule has 0 aliphatic heterocycles. The lowest BCUT2D eigenvalue weighted by molar-refractivity contribution is -0.116. The number of nitriles is 1. The second kappa shape index (κ2) is 8.70. The monoisotopic (exact) mass is 432 g/mol. The summed E-state index contributed by atoms with van der Waals surface area (Å²) < 4.78 is 30.2. The van der Waals surface area contributed by atoms with E-state index in [0.717, 1.165) is 23.0 Å². The lowest BCUT2D eigenvalue weighted by atomic mass is 9.85. The van der Waals surface area contributed by atoms with E-state index in [9.17, 15) is 23.6 Å². The molecule has 0 amide bonds. The number of rotatable bonds is 8. The van der Waals surface area contributed by atoms with Gasteiger partial charge in [-0.25, -0.2) is 13.4 Å². The number of aliphatic hydroxyl groups is 1. The zero-order valence-electron chi connectivity index (χ0n) is 18.2. The highest BCUT2D eigenvalue weighted by Crippen LogP contribution is 2.30. The van der Waals surface area contributed by atoms with Gasteiger partial charge in [0.05, 0.1) is 11.6 Å². The van der Waals surface area contributed by atoms with Gasteiger partial charge in [-0.1, -0.05) is 27.7 Å². The first-order valence-electron chi connectivity index (χ1n) is 9.76. The van der Waals surface area contributed by atoms with Gasteiger partial charge < -0.3 is 9.52 Å². The van der Waals surface area contributed by atoms with Gasteiger partial charge in [0.25, 0.3) is 0 Å². The molecular formula is C22H28N2O5S. The highest BCUT2D eigenvalue weighted by molar-refractivity contribution is 7.91. The minimum Gasteiger partial charge on any atom is -0.436 e. The maximum atomic E-state index is 12.7. The molecular weight excluding hydrogens is 404 g/mol. The predicted octanol–water partition coefficient (Wildman–Crippen LogP) is 3.61. The van der Waals surface area contributed by atoms with Crippen molar-refractivity contribution in [2.24, 2.45) is 0 Å². The quantitative estimate of drug-likeness (QED) is 0.676. The molecule has 2 aromatic rings. The normalized spacial score (nSPS) is 12.4. The van der Waals surface area contributed by atoms with Crippen LogP contribution in [-0.4, -0.2) is 30.0 Å². The van der Waals surface area contributed by atoms with Gasteiger partial charge in [0.1, 0.15) is 23.3 Å². The first-order chi connectivity index (χ1) is 13.8. The summed E-state index contributed by atoms with van der Waals surface area (Å²) in [6, 6.07) is 5.67. The molecule has 0 spiro atoms. The van der Waals surface area contributed by atoms with Crippen LogP contribution in [0.4, 0.5) is 0 Å². The molecule has 1 N–H and O–H groups in total. The van der Waals surface area contributed by atoms with Gasteiger partial charge in [0, 0.05) is 6.42 Å². The van der Waals surface area contributed by atoms with Crippen molar-refractivity contribution >= 4 is 15.6 Å². The predicted molar refractivity (Wildman–Crippen MR) is 112 cm³/mol. The molecule has 0 saturated heterocycles. The molecule has 0 radical (unpaired) electrons. The number of hydrogen-bond donors (Lipinski definition) is 1. The van der Waals surface area contributed by atoms with Gasteiger partial charge in [-0.15, -0.1) is 0 Å². The fourth-order valence-electron chi connectivity index (χ4n) is 3.22. The van der Waals surface area contributed by atoms with Crippen LogP contribution in [0.2, 0.25) is 0 Å². The molecule has 0 unspecified atom stereocenters. The summed E-state index contributed by atoms with van der Waals surface area (Å²) in [6.07, 6.45) is 1.01. The zero-order valence-corrected chi connectivity index (χ0v) is 19.0. The van der Waals surface area contributed by atoms with E-state index in [4.69, 9.17) is 4.42 Å². The molecule has 0 aliphatic rings. The molecule has 1 aromatic heterocycles. The number of nitrogens with zero attached hydrogens (tertiary/aromatic N) is 2. The summed E-state index contributed by atoms with van der Waals surface area (Å²) in [6.45, 7) is 10.8. The molecule has 30 heavy (non-hydrogen) atoms. The molecule has 1 heterocycles. The maximum absolute atomic E-state index is 12.7. The summed E-state index contributed by atoms with van der Waals surface area (Å²) >= 11 is 0. The molecule has 7 nitrogen and oxygen atoms in total. The molecule has 1 aromatic carbocycles. The molecule has 8 heteroatoms. The summed E-state index contributed by atoms with van der Waals surface area (Å²) in [5.41, 5.74) is 1.73. The Morgan fingerprint density at radius 2 is 1.73 bits per heavy atom. The smallest absolute Gasteiger partial charge is 0.315 e. The van der Waals surface area contributed by atoms with E-state index < -0.39 is 32.2 Å². The Hall–Kier alpha value is -2.50. The number of carbonyl (C=O) groups is 1. The number of sulfone groups is 1. The van der Waals surface area contributed by atoms with Crippen molar-refractivity contribution in [1.82, 2.24) is 4.98 Å². The second-order valence-corrected chi connectivity index (χ2v) is 10.5. The van der Waals surface area contributed by atoms with Crippen molar-refractivity contribution in [2.45, 2.75) is 70.6 Å². The van der Waals surface area contributed by atoms with E-state index in [-0.39, 0.29) is 24.0 Å². The van der Waals surface area contributed by atoms with Gasteiger partial charge in [-0.2, -0.15) is 5.26 Å². The van der Waals surface area contributed by atoms with Crippen molar-refractivity contribution in [3.8, 4) is 6.07 Å². The highest BCUT2D eigenvalue weighted by Gasteiger charge is 2.29. The van der Waals surface area contributed by atoms with Crippen LogP contribution in [0.3, 0.4) is 0 Å². The molecule has 0 saturated carbocycles. The van der Waals surface area contributed by atoms with Crippen molar-refractivity contribution in [2.75, 3.05) is 5.75 Å². The van der Waals surface area contributed by atoms with Crippen LogP contribution in [0.1, 0.15) is 81.3 Å². The van der Waals surface area contributed by atoms with Gasteiger partial charge in [-0.05, 0) is 54.5 Å². The first-order valence-corrected chi connectivity index (χ1v) is 11.4. The Morgan fingerprint density at radius 1 is 1.20 bits per heavy atom. The molecule has 162 valence electrons. The van der Waals surface area contributed by atoms with E-state index in [0.29, 0.717) is 5.56 Å². The average molecular weight is 433 g/mol. The number of hydrogen-bond acceptors (Lipinski definition) is 7. The summed E-state index contributed by atoms with van der Waals surface area (Å²) in [4.78, 5) is 16.6. The third-order valence-corrected chi connectivity index (χ3v) is 6.21. The number of Topliss-reactive ketones (excluding diaryl/α,β-unsaturated/α-hetero) is 1. The van der Waals surface area contributed by atoms with Crippen LogP contribution in [0.5, 0.6) is 0 Å². The maximum Gasteiger partial charge on any atom is 0.315 e. The van der Waals surface area contributed by atoms with Gasteiger partial charge in [0.2, 0.25) is 9.84 Å². The topological polar surface area (TPSA) is 121 Å². The number of ketones is 1. The second-order valence-electron chi connectivity index (χ2n) is 8.59. The average Bonchev–Trinajstić information content (AvgIpc) is 3.12. The van der Waals surface area contributed by atoms with Crippen LogP contribution in [0.15, 0.2) is 28.0 Å². The fourth-order valence-corrected chi connectivity index (χ4v) is 4.30. The Labute approximate surface area is 177 Å². The van der Waals surface area contributed by atoms with Gasteiger partial charge in [-0.3, -0.25) is 4.79 Å². The molecule has 0 atom stereocenters. The minimum atomic E-state index is -4.09. The number of oxazole rings is 1. The van der Waals surface area contributed by atoms with E-state index in [1.165, 1.54) is 13.8 Å². The van der Waals surface area contributed by atoms with Gasteiger partial charge in [0.15, 0.2) is 5.78 Å². The summed E-state index contributed by atoms with van der Waals surface area (Å²) in [7, 11) is -4.09. The summed E-state index contributed by atoms with van der Waals surface area (Å²) in [5.74, 6) is -1.12. The fraction of sp³-hybridized carbons (Fsp3) is 0.500. The van der Waals surface area contributed by atoms with Crippen LogP contribution in [-0.2, 0) is 26.7 Å². The van der Waals surface area contributed by atoms with Crippen LogP contribution in [0.25, 0.3) is 0 Å². The SMILES string of the molecule is CC(C)c1cc(C#N)cc(C(C)C)c1CC(=O)CS(=O)(=O)c1nc(C(C)(C)O)co1. The first kappa shape index (κ1) is 23.8. The van der Waals surface area contributed by atoms with Crippen LogP contribution in [0, 0.1) is 11.3 Å². The van der Waals surface area contributed by atoms with Crippen molar-refractivity contribution < 1.29 is 22.7 Å². The van der Waals surface area contributed by atoms with Crippen molar-refractivity contribution in [3.63, 3.8) is 0 Å². The summed E-state index contributed by atoms with van der Waals surface area (Å²) in [5, 5.41) is 18.7. The van der Waals surface area contributed by atoms with Crippen LogP contribution < -0.4 is 0 Å².